The molecule has 0 saturated carbocycles. The second-order valence-corrected chi connectivity index (χ2v) is 5.09. The van der Waals surface area contributed by atoms with Crippen molar-refractivity contribution >= 4 is 40.6 Å². The largest absolute Gasteiger partial charge is 0.331 e. The van der Waals surface area contributed by atoms with Crippen LogP contribution in [0.4, 0.5) is 5.69 Å². The Morgan fingerprint density at radius 3 is 2.72 bits per heavy atom. The van der Waals surface area contributed by atoms with Crippen molar-refractivity contribution in [1.82, 2.24) is 5.43 Å². The van der Waals surface area contributed by atoms with Crippen LogP contribution in [0.25, 0.3) is 0 Å². The van der Waals surface area contributed by atoms with Crippen LogP contribution in [0, 0.1) is 6.92 Å². The normalized spacial score (nSPS) is 10.5. The molecule has 1 aromatic heterocycles. The topological polar surface area (TPSA) is 36.4 Å². The fraction of sp³-hybridized carbons (Fsp3) is 0.0769. The van der Waals surface area contributed by atoms with Crippen LogP contribution in [-0.2, 0) is 0 Å². The maximum atomic E-state index is 5.13. The van der Waals surface area contributed by atoms with Crippen molar-refractivity contribution in [2.75, 3.05) is 5.32 Å². The first-order valence-corrected chi connectivity index (χ1v) is 6.73. The van der Waals surface area contributed by atoms with E-state index in [2.05, 4.69) is 15.8 Å². The van der Waals surface area contributed by atoms with Crippen molar-refractivity contribution in [2.24, 2.45) is 5.10 Å². The molecule has 0 fully saturated rings. The van der Waals surface area contributed by atoms with Crippen molar-refractivity contribution < 1.29 is 0 Å². The highest BCUT2D eigenvalue weighted by Crippen LogP contribution is 2.08. The third-order valence-electron chi connectivity index (χ3n) is 2.21. The second-order valence-electron chi connectivity index (χ2n) is 3.71. The summed E-state index contributed by atoms with van der Waals surface area (Å²) in [5.41, 5.74) is 4.95. The fourth-order valence-electron chi connectivity index (χ4n) is 1.32. The molecule has 0 unspecified atom stereocenters. The Bertz CT molecular complexity index is 530. The van der Waals surface area contributed by atoms with Crippen LogP contribution in [0.1, 0.15) is 10.4 Å². The molecule has 3 nitrogen and oxygen atoms in total. The molecule has 5 heteroatoms. The van der Waals surface area contributed by atoms with Gasteiger partial charge in [0.15, 0.2) is 5.11 Å². The summed E-state index contributed by atoms with van der Waals surface area (Å²) in [6.07, 6.45) is 1.74. The number of aryl methyl sites for hydroxylation is 1. The van der Waals surface area contributed by atoms with Crippen LogP contribution in [-0.4, -0.2) is 11.3 Å². The van der Waals surface area contributed by atoms with E-state index in [0.717, 1.165) is 10.6 Å². The van der Waals surface area contributed by atoms with Gasteiger partial charge in [0.1, 0.15) is 0 Å². The van der Waals surface area contributed by atoms with Crippen LogP contribution in [0.2, 0.25) is 0 Å². The second kappa shape index (κ2) is 6.28. The number of hydrogen-bond acceptors (Lipinski definition) is 3. The Morgan fingerprint density at radius 2 is 2.06 bits per heavy atom. The zero-order chi connectivity index (χ0) is 12.8. The molecule has 2 N–H and O–H groups in total. The Morgan fingerprint density at radius 1 is 1.28 bits per heavy atom. The lowest BCUT2D eigenvalue weighted by Gasteiger charge is -2.06. The third kappa shape index (κ3) is 3.94. The van der Waals surface area contributed by atoms with Gasteiger partial charge in [-0.05, 0) is 42.7 Å². The van der Waals surface area contributed by atoms with Crippen molar-refractivity contribution in [3.8, 4) is 0 Å². The van der Waals surface area contributed by atoms with E-state index in [9.17, 15) is 0 Å². The van der Waals surface area contributed by atoms with Gasteiger partial charge in [0, 0.05) is 10.6 Å². The molecule has 0 spiro atoms. The van der Waals surface area contributed by atoms with Gasteiger partial charge < -0.3 is 5.32 Å². The van der Waals surface area contributed by atoms with Gasteiger partial charge in [-0.25, -0.2) is 0 Å². The molecule has 0 atom stereocenters. The molecule has 2 aromatic rings. The number of rotatable bonds is 3. The van der Waals surface area contributed by atoms with E-state index in [1.165, 1.54) is 5.56 Å². The van der Waals surface area contributed by atoms with Gasteiger partial charge in [0.25, 0.3) is 0 Å². The predicted octanol–water partition coefficient (Wildman–Crippen LogP) is 3.38. The van der Waals surface area contributed by atoms with E-state index >= 15 is 0 Å². The van der Waals surface area contributed by atoms with Crippen LogP contribution in [0.15, 0.2) is 46.9 Å². The average Bonchev–Trinajstić information content (AvgIpc) is 2.85. The quantitative estimate of drug-likeness (QED) is 0.512. The summed E-state index contributed by atoms with van der Waals surface area (Å²) in [5.74, 6) is 0. The summed E-state index contributed by atoms with van der Waals surface area (Å²) in [4.78, 5) is 1.08. The SMILES string of the molecule is Cc1ccc(NC(=S)N/N=C\c2cccs2)cc1. The van der Waals surface area contributed by atoms with Gasteiger partial charge in [-0.2, -0.15) is 5.10 Å². The molecule has 0 radical (unpaired) electrons. The number of benzene rings is 1. The Balaban J connectivity index is 1.84. The number of thiocarbonyl (C=S) groups is 1. The van der Waals surface area contributed by atoms with Gasteiger partial charge >= 0.3 is 0 Å². The smallest absolute Gasteiger partial charge is 0.191 e. The van der Waals surface area contributed by atoms with Gasteiger partial charge in [0.2, 0.25) is 0 Å². The summed E-state index contributed by atoms with van der Waals surface area (Å²) in [5, 5.41) is 9.60. The van der Waals surface area contributed by atoms with Crippen LogP contribution in [0.3, 0.4) is 0 Å². The molecule has 0 aliphatic rings. The first-order chi connectivity index (χ1) is 8.74. The third-order valence-corrected chi connectivity index (χ3v) is 3.21. The molecule has 92 valence electrons. The van der Waals surface area contributed by atoms with Gasteiger partial charge in [0.05, 0.1) is 6.21 Å². The highest BCUT2D eigenvalue weighted by Gasteiger charge is 1.95. The minimum atomic E-state index is 0.478. The van der Waals surface area contributed by atoms with Gasteiger partial charge in [-0.3, -0.25) is 5.43 Å². The van der Waals surface area contributed by atoms with E-state index in [4.69, 9.17) is 12.2 Å². The first kappa shape index (κ1) is 12.7. The van der Waals surface area contributed by atoms with E-state index in [1.807, 2.05) is 48.7 Å². The van der Waals surface area contributed by atoms with Crippen LogP contribution in [0.5, 0.6) is 0 Å². The lowest BCUT2D eigenvalue weighted by atomic mass is 10.2. The maximum absolute atomic E-state index is 5.13. The van der Waals surface area contributed by atoms with Crippen LogP contribution >= 0.6 is 23.6 Å². The highest BCUT2D eigenvalue weighted by molar-refractivity contribution is 7.80. The van der Waals surface area contributed by atoms with Crippen molar-refractivity contribution in [3.63, 3.8) is 0 Å². The molecule has 1 aromatic carbocycles. The molecule has 0 aliphatic carbocycles. The average molecular weight is 275 g/mol. The van der Waals surface area contributed by atoms with Crippen LogP contribution < -0.4 is 10.7 Å². The minimum Gasteiger partial charge on any atom is -0.331 e. The van der Waals surface area contributed by atoms with E-state index < -0.39 is 0 Å². The lowest BCUT2D eigenvalue weighted by molar-refractivity contribution is 1.05. The number of hydrazone groups is 1. The maximum Gasteiger partial charge on any atom is 0.191 e. The molecular formula is C13H13N3S2. The molecule has 0 aliphatic heterocycles. The van der Waals surface area contributed by atoms with E-state index in [-0.39, 0.29) is 0 Å². The standard InChI is InChI=1S/C13H13N3S2/c1-10-4-6-11(7-5-10)15-13(17)16-14-9-12-3-2-8-18-12/h2-9H,1H3,(H2,15,16,17)/b14-9-. The molecule has 1 heterocycles. The first-order valence-electron chi connectivity index (χ1n) is 5.44. The monoisotopic (exact) mass is 275 g/mol. The predicted molar refractivity (Wildman–Crippen MR) is 82.4 cm³/mol. The Labute approximate surface area is 116 Å². The number of thiophene rings is 1. The van der Waals surface area contributed by atoms with E-state index in [0.29, 0.717) is 5.11 Å². The number of anilines is 1. The summed E-state index contributed by atoms with van der Waals surface area (Å²) in [7, 11) is 0. The molecule has 0 amide bonds. The van der Waals surface area contributed by atoms with Crippen molar-refractivity contribution in [2.45, 2.75) is 6.92 Å². The zero-order valence-electron chi connectivity index (χ0n) is 9.88. The fourth-order valence-corrected chi connectivity index (χ4v) is 2.07. The van der Waals surface area contributed by atoms with Gasteiger partial charge in [-0.1, -0.05) is 23.8 Å². The summed E-state index contributed by atoms with van der Waals surface area (Å²) < 4.78 is 0. The number of hydrogen-bond donors (Lipinski definition) is 2. The van der Waals surface area contributed by atoms with E-state index in [1.54, 1.807) is 17.6 Å². The number of nitrogens with zero attached hydrogens (tertiary/aromatic N) is 1. The van der Waals surface area contributed by atoms with Crippen molar-refractivity contribution in [3.05, 3.63) is 52.2 Å². The Kier molecular flexibility index (Phi) is 4.44. The highest BCUT2D eigenvalue weighted by atomic mass is 32.1. The summed E-state index contributed by atoms with van der Waals surface area (Å²) in [6.45, 7) is 2.05. The molecule has 0 saturated heterocycles. The molecular weight excluding hydrogens is 262 g/mol. The summed E-state index contributed by atoms with van der Waals surface area (Å²) in [6, 6.07) is 12.0. The Hall–Kier alpha value is -1.72. The minimum absolute atomic E-state index is 0.478. The van der Waals surface area contributed by atoms with Crippen molar-refractivity contribution in [1.29, 1.82) is 0 Å². The van der Waals surface area contributed by atoms with Gasteiger partial charge in [-0.15, -0.1) is 11.3 Å². The molecule has 2 rings (SSSR count). The zero-order valence-corrected chi connectivity index (χ0v) is 11.5. The summed E-state index contributed by atoms with van der Waals surface area (Å²) >= 11 is 6.76. The lowest BCUT2D eigenvalue weighted by Crippen LogP contribution is -2.23. The molecule has 0 bridgehead atoms. The number of nitrogens with one attached hydrogen (secondary N) is 2. The molecule has 18 heavy (non-hydrogen) atoms.